The van der Waals surface area contributed by atoms with Crippen LogP contribution in [0.5, 0.6) is 0 Å². The summed E-state index contributed by atoms with van der Waals surface area (Å²) < 4.78 is 5.32. The molecule has 0 spiro atoms. The molecule has 0 saturated carbocycles. The maximum Gasteiger partial charge on any atom is 0.408 e. The van der Waals surface area contributed by atoms with E-state index in [0.717, 1.165) is 12.0 Å². The van der Waals surface area contributed by atoms with Crippen molar-refractivity contribution in [2.75, 3.05) is 6.61 Å². The van der Waals surface area contributed by atoms with Gasteiger partial charge in [-0.1, -0.05) is 62.2 Å². The van der Waals surface area contributed by atoms with E-state index < -0.39 is 48.2 Å². The van der Waals surface area contributed by atoms with Crippen molar-refractivity contribution in [2.45, 2.75) is 84.7 Å². The molecule has 0 fully saturated rings. The monoisotopic (exact) mass is 549 g/mol. The van der Waals surface area contributed by atoms with Crippen LogP contribution in [0.3, 0.4) is 0 Å². The minimum absolute atomic E-state index is 0.264. The summed E-state index contributed by atoms with van der Waals surface area (Å²) in [7, 11) is 0. The number of aliphatic hydroxyl groups excluding tert-OH is 1. The Morgan fingerprint density at radius 1 is 1.00 bits per heavy atom. The quantitative estimate of drug-likeness (QED) is 0.336. The van der Waals surface area contributed by atoms with Gasteiger partial charge in [-0.25, -0.2) is 4.79 Å². The lowest BCUT2D eigenvalue weighted by Gasteiger charge is -2.38. The summed E-state index contributed by atoms with van der Waals surface area (Å²) in [4.78, 5) is 41.9. The Kier molecular flexibility index (Phi) is 12.2. The highest BCUT2D eigenvalue weighted by atomic mass is 16.6. The Morgan fingerprint density at radius 3 is 2.15 bits per heavy atom. The van der Waals surface area contributed by atoms with E-state index in [2.05, 4.69) is 30.4 Å². The van der Waals surface area contributed by atoms with Crippen molar-refractivity contribution in [1.29, 1.82) is 0 Å². The van der Waals surface area contributed by atoms with Crippen molar-refractivity contribution in [3.63, 3.8) is 0 Å². The molecule has 216 valence electrons. The molecular weight excluding hydrogens is 506 g/mol. The van der Waals surface area contributed by atoms with E-state index in [4.69, 9.17) is 11.2 Å². The lowest BCUT2D eigenvalue weighted by molar-refractivity contribution is -0.146. The molecule has 8 heteroatoms. The Morgan fingerprint density at radius 2 is 1.62 bits per heavy atom. The Labute approximate surface area is 238 Å². The zero-order chi connectivity index (χ0) is 29.9. The molecule has 8 nitrogen and oxygen atoms in total. The highest BCUT2D eigenvalue weighted by Crippen LogP contribution is 2.28. The van der Waals surface area contributed by atoms with Crippen molar-refractivity contribution in [3.8, 4) is 12.3 Å². The van der Waals surface area contributed by atoms with Crippen LogP contribution in [0.15, 0.2) is 54.6 Å². The first kappa shape index (κ1) is 32.4. The standard InChI is InChI=1S/C32H43N3O5/c1-8-24-16-18-26(19-17-24)28(29(37)33-20-25-12-10-9-11-13-25)35(23(4)15-14-22(2)3)30(38)27(21-36)34-31(39)40-32(5,6)7/h1,9-13,16-19,22-23,27-28,36H,14-15,20-21H2,2-7H3,(H,33,37)(H,34,39). The number of rotatable bonds is 12. The molecule has 0 saturated heterocycles. The second kappa shape index (κ2) is 15.1. The van der Waals surface area contributed by atoms with Crippen molar-refractivity contribution in [2.24, 2.45) is 5.92 Å². The number of aliphatic hydroxyl groups is 1. The van der Waals surface area contributed by atoms with Crippen molar-refractivity contribution in [1.82, 2.24) is 15.5 Å². The van der Waals surface area contributed by atoms with Gasteiger partial charge in [-0.05, 0) is 69.7 Å². The number of hydrogen-bond donors (Lipinski definition) is 3. The molecule has 2 aromatic carbocycles. The van der Waals surface area contributed by atoms with E-state index in [1.165, 1.54) is 4.90 Å². The minimum atomic E-state index is -1.31. The van der Waals surface area contributed by atoms with Crippen LogP contribution in [-0.2, 0) is 20.9 Å². The molecule has 0 heterocycles. The molecule has 3 N–H and O–H groups in total. The summed E-state index contributed by atoms with van der Waals surface area (Å²) in [5.41, 5.74) is 1.31. The lowest BCUT2D eigenvalue weighted by Crippen LogP contribution is -2.56. The molecule has 40 heavy (non-hydrogen) atoms. The number of amides is 3. The van der Waals surface area contributed by atoms with Crippen LogP contribution >= 0.6 is 0 Å². The van der Waals surface area contributed by atoms with Gasteiger partial charge in [-0.2, -0.15) is 0 Å². The molecule has 3 amide bonds. The third kappa shape index (κ3) is 10.0. The zero-order valence-corrected chi connectivity index (χ0v) is 24.4. The Balaban J connectivity index is 2.51. The molecule has 0 radical (unpaired) electrons. The van der Waals surface area contributed by atoms with Gasteiger partial charge in [0.25, 0.3) is 0 Å². The minimum Gasteiger partial charge on any atom is -0.444 e. The largest absolute Gasteiger partial charge is 0.444 e. The molecule has 0 aliphatic heterocycles. The summed E-state index contributed by atoms with van der Waals surface area (Å²) in [5, 5.41) is 15.6. The molecule has 0 bridgehead atoms. The smallest absolute Gasteiger partial charge is 0.408 e. The van der Waals surface area contributed by atoms with Gasteiger partial charge in [0.05, 0.1) is 6.61 Å². The molecule has 2 aromatic rings. The average Bonchev–Trinajstić information content (AvgIpc) is 2.91. The highest BCUT2D eigenvalue weighted by molar-refractivity contribution is 5.92. The first-order valence-corrected chi connectivity index (χ1v) is 13.7. The van der Waals surface area contributed by atoms with Gasteiger partial charge in [0.1, 0.15) is 17.7 Å². The number of nitrogens with one attached hydrogen (secondary N) is 2. The fourth-order valence-electron chi connectivity index (χ4n) is 4.21. The topological polar surface area (TPSA) is 108 Å². The van der Waals surface area contributed by atoms with Gasteiger partial charge in [0.2, 0.25) is 11.8 Å². The van der Waals surface area contributed by atoms with Crippen LogP contribution < -0.4 is 10.6 Å². The van der Waals surface area contributed by atoms with Crippen molar-refractivity contribution >= 4 is 17.9 Å². The van der Waals surface area contributed by atoms with Crippen LogP contribution in [-0.4, -0.2) is 52.2 Å². The number of carbonyl (C=O) groups is 3. The second-order valence-corrected chi connectivity index (χ2v) is 11.3. The maximum atomic E-state index is 14.1. The summed E-state index contributed by atoms with van der Waals surface area (Å²) in [6.45, 7) is 10.8. The Bertz CT molecular complexity index is 1150. The number of nitrogens with zero attached hydrogens (tertiary/aromatic N) is 1. The molecule has 0 aliphatic rings. The summed E-state index contributed by atoms with van der Waals surface area (Å²) in [6, 6.07) is 13.6. The molecular formula is C32H43N3O5. The van der Waals surface area contributed by atoms with Gasteiger partial charge in [0.15, 0.2) is 0 Å². The van der Waals surface area contributed by atoms with Crippen LogP contribution in [0.1, 0.15) is 77.1 Å². The van der Waals surface area contributed by atoms with Gasteiger partial charge in [-0.15, -0.1) is 6.42 Å². The second-order valence-electron chi connectivity index (χ2n) is 11.3. The fourth-order valence-corrected chi connectivity index (χ4v) is 4.21. The number of carbonyl (C=O) groups excluding carboxylic acids is 3. The van der Waals surface area contributed by atoms with E-state index in [9.17, 15) is 19.5 Å². The molecule has 0 aliphatic carbocycles. The first-order valence-electron chi connectivity index (χ1n) is 13.7. The fraction of sp³-hybridized carbons (Fsp3) is 0.469. The number of ether oxygens (including phenoxy) is 1. The number of alkyl carbamates (subject to hydrolysis) is 1. The van der Waals surface area contributed by atoms with Gasteiger partial charge < -0.3 is 25.4 Å². The van der Waals surface area contributed by atoms with Gasteiger partial charge in [-0.3, -0.25) is 9.59 Å². The number of hydrogen-bond acceptors (Lipinski definition) is 5. The Hall–Kier alpha value is -3.83. The van der Waals surface area contributed by atoms with E-state index in [1.54, 1.807) is 45.0 Å². The summed E-state index contributed by atoms with van der Waals surface area (Å²) >= 11 is 0. The van der Waals surface area contributed by atoms with E-state index >= 15 is 0 Å². The molecule has 3 unspecified atom stereocenters. The van der Waals surface area contributed by atoms with E-state index in [0.29, 0.717) is 23.5 Å². The predicted molar refractivity (Wildman–Crippen MR) is 156 cm³/mol. The number of benzene rings is 2. The van der Waals surface area contributed by atoms with Gasteiger partial charge >= 0.3 is 6.09 Å². The molecule has 3 atom stereocenters. The normalized spacial score (nSPS) is 13.5. The third-order valence-electron chi connectivity index (χ3n) is 6.29. The van der Waals surface area contributed by atoms with Crippen LogP contribution in [0.25, 0.3) is 0 Å². The maximum absolute atomic E-state index is 14.1. The molecule has 0 aromatic heterocycles. The third-order valence-corrected chi connectivity index (χ3v) is 6.29. The summed E-state index contributed by atoms with van der Waals surface area (Å²) in [5.74, 6) is 1.95. The van der Waals surface area contributed by atoms with E-state index in [1.807, 2.05) is 37.3 Å². The van der Waals surface area contributed by atoms with Crippen molar-refractivity contribution in [3.05, 3.63) is 71.3 Å². The molecule has 2 rings (SSSR count). The van der Waals surface area contributed by atoms with Crippen LogP contribution in [0.4, 0.5) is 4.79 Å². The van der Waals surface area contributed by atoms with E-state index in [-0.39, 0.29) is 6.54 Å². The average molecular weight is 550 g/mol. The SMILES string of the molecule is C#Cc1ccc(C(C(=O)NCc2ccccc2)N(C(=O)C(CO)NC(=O)OC(C)(C)C)C(C)CCC(C)C)cc1. The van der Waals surface area contributed by atoms with Crippen molar-refractivity contribution < 1.29 is 24.2 Å². The predicted octanol–water partition coefficient (Wildman–Crippen LogP) is 4.56. The number of terminal acetylenes is 1. The zero-order valence-electron chi connectivity index (χ0n) is 24.4. The van der Waals surface area contributed by atoms with Crippen LogP contribution in [0.2, 0.25) is 0 Å². The lowest BCUT2D eigenvalue weighted by atomic mass is 9.96. The van der Waals surface area contributed by atoms with Crippen LogP contribution in [0, 0.1) is 18.3 Å². The first-order chi connectivity index (χ1) is 18.9. The highest BCUT2D eigenvalue weighted by Gasteiger charge is 2.38. The van der Waals surface area contributed by atoms with Gasteiger partial charge in [0, 0.05) is 18.2 Å². The summed E-state index contributed by atoms with van der Waals surface area (Å²) in [6.07, 6.45) is 6.13.